The number of carboxylic acid groups (broad SMARTS) is 1. The molecule has 1 unspecified atom stereocenters. The first-order valence-electron chi connectivity index (χ1n) is 4.07. The van der Waals surface area contributed by atoms with Gasteiger partial charge in [-0.2, -0.15) is 8.42 Å². The van der Waals surface area contributed by atoms with Crippen molar-refractivity contribution in [1.82, 2.24) is 0 Å². The fourth-order valence-electron chi connectivity index (χ4n) is 0.839. The minimum Gasteiger partial charge on any atom is -0.480 e. The lowest BCUT2D eigenvalue weighted by atomic mass is 10.1. The van der Waals surface area contributed by atoms with E-state index in [1.165, 1.54) is 0 Å². The first-order valence-corrected chi connectivity index (χ1v) is 5.43. The molecule has 0 aliphatic carbocycles. The van der Waals surface area contributed by atoms with Gasteiger partial charge < -0.3 is 16.6 Å². The highest BCUT2D eigenvalue weighted by Gasteiger charge is 2.24. The maximum absolute atomic E-state index is 10.7. The summed E-state index contributed by atoms with van der Waals surface area (Å²) in [5, 5.41) is 8.42. The topological polar surface area (TPSA) is 170 Å². The summed E-state index contributed by atoms with van der Waals surface area (Å²) >= 11 is 0. The average Bonchev–Trinajstić information content (AvgIpc) is 2.09. The van der Waals surface area contributed by atoms with Crippen molar-refractivity contribution in [3.8, 4) is 0 Å². The standard InChI is InChI=1S/C6H12N2O7S/c7-3(6(10)11)1-2-4(5(8)9)15-16(12,13)14/h3-4H,1-2,7H2,(H2,8,9)(H,10,11)(H,12,13,14)/t3-,4?/m1/s1. The molecule has 0 aliphatic heterocycles. The second kappa shape index (κ2) is 5.75. The van der Waals surface area contributed by atoms with Gasteiger partial charge in [0.15, 0.2) is 6.10 Å². The van der Waals surface area contributed by atoms with E-state index in [-0.39, 0.29) is 12.8 Å². The van der Waals surface area contributed by atoms with E-state index in [2.05, 4.69) is 4.18 Å². The molecular formula is C6H12N2O7S. The van der Waals surface area contributed by atoms with Crippen LogP contribution in [-0.4, -0.2) is 42.1 Å². The number of hydrogen-bond donors (Lipinski definition) is 4. The van der Waals surface area contributed by atoms with Crippen LogP contribution in [-0.2, 0) is 24.2 Å². The van der Waals surface area contributed by atoms with Crippen LogP contribution in [0.2, 0.25) is 0 Å². The third-order valence-corrected chi connectivity index (χ3v) is 2.09. The van der Waals surface area contributed by atoms with Gasteiger partial charge >= 0.3 is 16.4 Å². The molecule has 16 heavy (non-hydrogen) atoms. The molecule has 0 saturated heterocycles. The van der Waals surface area contributed by atoms with Gasteiger partial charge in [-0.1, -0.05) is 0 Å². The molecule has 0 heterocycles. The van der Waals surface area contributed by atoms with Crippen LogP contribution in [0.25, 0.3) is 0 Å². The Balaban J connectivity index is 4.37. The van der Waals surface area contributed by atoms with Crippen molar-refractivity contribution < 1.29 is 31.8 Å². The average molecular weight is 256 g/mol. The third-order valence-electron chi connectivity index (χ3n) is 1.61. The monoisotopic (exact) mass is 256 g/mol. The van der Waals surface area contributed by atoms with Crippen LogP contribution in [0.3, 0.4) is 0 Å². The van der Waals surface area contributed by atoms with Crippen molar-refractivity contribution in [2.24, 2.45) is 11.5 Å². The molecule has 2 atom stereocenters. The van der Waals surface area contributed by atoms with E-state index in [0.29, 0.717) is 0 Å². The molecule has 0 aliphatic rings. The molecule has 0 rings (SSSR count). The van der Waals surface area contributed by atoms with E-state index in [1.54, 1.807) is 0 Å². The predicted octanol–water partition coefficient (Wildman–Crippen LogP) is -2.15. The van der Waals surface area contributed by atoms with Gasteiger partial charge in [-0.05, 0) is 12.8 Å². The number of primary amides is 1. The number of hydrogen-bond acceptors (Lipinski definition) is 6. The third kappa shape index (κ3) is 6.29. The fourth-order valence-corrected chi connectivity index (χ4v) is 1.32. The summed E-state index contributed by atoms with van der Waals surface area (Å²) in [5.41, 5.74) is 9.89. The SMILES string of the molecule is NC(=O)C(CC[C@@H](N)C(=O)O)OS(=O)(=O)O. The van der Waals surface area contributed by atoms with Crippen LogP contribution < -0.4 is 11.5 Å². The molecule has 94 valence electrons. The number of nitrogens with two attached hydrogens (primary N) is 2. The van der Waals surface area contributed by atoms with Crippen molar-refractivity contribution in [3.63, 3.8) is 0 Å². The molecule has 0 radical (unpaired) electrons. The molecule has 0 aromatic rings. The van der Waals surface area contributed by atoms with Crippen molar-refractivity contribution in [3.05, 3.63) is 0 Å². The Morgan fingerprint density at radius 2 is 1.81 bits per heavy atom. The highest BCUT2D eigenvalue weighted by molar-refractivity contribution is 7.80. The van der Waals surface area contributed by atoms with E-state index >= 15 is 0 Å². The number of amides is 1. The Kier molecular flexibility index (Phi) is 5.30. The highest BCUT2D eigenvalue weighted by Crippen LogP contribution is 2.07. The van der Waals surface area contributed by atoms with Gasteiger partial charge in [-0.15, -0.1) is 0 Å². The van der Waals surface area contributed by atoms with Crippen molar-refractivity contribution >= 4 is 22.3 Å². The van der Waals surface area contributed by atoms with E-state index in [4.69, 9.17) is 21.1 Å². The van der Waals surface area contributed by atoms with Crippen molar-refractivity contribution in [2.75, 3.05) is 0 Å². The molecule has 0 saturated carbocycles. The predicted molar refractivity (Wildman–Crippen MR) is 50.5 cm³/mol. The summed E-state index contributed by atoms with van der Waals surface area (Å²) in [6.45, 7) is 0. The largest absolute Gasteiger partial charge is 0.480 e. The van der Waals surface area contributed by atoms with Gasteiger partial charge in [-0.25, -0.2) is 4.18 Å². The highest BCUT2D eigenvalue weighted by atomic mass is 32.3. The molecule has 0 spiro atoms. The molecule has 0 aromatic heterocycles. The lowest BCUT2D eigenvalue weighted by molar-refractivity contribution is -0.139. The Morgan fingerprint density at radius 3 is 2.12 bits per heavy atom. The summed E-state index contributed by atoms with van der Waals surface area (Å²) in [6, 6.07) is -1.27. The van der Waals surface area contributed by atoms with Gasteiger partial charge in [0, 0.05) is 0 Å². The van der Waals surface area contributed by atoms with Gasteiger partial charge in [0.05, 0.1) is 0 Å². The number of carbonyl (C=O) groups excluding carboxylic acids is 1. The Morgan fingerprint density at radius 1 is 1.31 bits per heavy atom. The van der Waals surface area contributed by atoms with E-state index in [0.717, 1.165) is 0 Å². The molecule has 1 amide bonds. The van der Waals surface area contributed by atoms with Crippen molar-refractivity contribution in [2.45, 2.75) is 25.0 Å². The Labute approximate surface area is 91.3 Å². The maximum Gasteiger partial charge on any atom is 0.398 e. The smallest absolute Gasteiger partial charge is 0.398 e. The molecule has 0 fully saturated rings. The molecular weight excluding hydrogens is 244 g/mol. The van der Waals surface area contributed by atoms with E-state index < -0.39 is 34.4 Å². The lowest BCUT2D eigenvalue weighted by Gasteiger charge is -2.13. The molecule has 6 N–H and O–H groups in total. The number of aliphatic carboxylic acids is 1. The van der Waals surface area contributed by atoms with Crippen LogP contribution in [0.5, 0.6) is 0 Å². The van der Waals surface area contributed by atoms with Gasteiger partial charge in [0.25, 0.3) is 0 Å². The van der Waals surface area contributed by atoms with Gasteiger partial charge in [-0.3, -0.25) is 14.1 Å². The Bertz CT molecular complexity index is 365. The van der Waals surface area contributed by atoms with Crippen LogP contribution in [0.1, 0.15) is 12.8 Å². The maximum atomic E-state index is 10.7. The quantitative estimate of drug-likeness (QED) is 0.373. The fraction of sp³-hybridized carbons (Fsp3) is 0.667. The van der Waals surface area contributed by atoms with Crippen molar-refractivity contribution in [1.29, 1.82) is 0 Å². The zero-order valence-electron chi connectivity index (χ0n) is 8.07. The molecule has 0 aromatic carbocycles. The summed E-state index contributed by atoms with van der Waals surface area (Å²) in [6.07, 6.45) is -2.19. The molecule has 10 heteroatoms. The zero-order valence-corrected chi connectivity index (χ0v) is 8.88. The number of carboxylic acids is 1. The van der Waals surface area contributed by atoms with Crippen LogP contribution in [0.15, 0.2) is 0 Å². The van der Waals surface area contributed by atoms with Gasteiger partial charge in [0.2, 0.25) is 5.91 Å². The Hall–Kier alpha value is -1.23. The first-order chi connectivity index (χ1) is 7.13. The minimum atomic E-state index is -4.83. The van der Waals surface area contributed by atoms with Crippen LogP contribution in [0.4, 0.5) is 0 Å². The minimum absolute atomic E-state index is 0.224. The first kappa shape index (κ1) is 14.8. The normalized spacial score (nSPS) is 15.4. The van der Waals surface area contributed by atoms with Gasteiger partial charge in [0.1, 0.15) is 6.04 Å². The number of carbonyl (C=O) groups is 2. The lowest BCUT2D eigenvalue weighted by Crippen LogP contribution is -2.37. The summed E-state index contributed by atoms with van der Waals surface area (Å²) in [7, 11) is -4.83. The number of rotatable bonds is 7. The van der Waals surface area contributed by atoms with Crippen LogP contribution in [0, 0.1) is 0 Å². The van der Waals surface area contributed by atoms with E-state index in [1.807, 2.05) is 0 Å². The zero-order chi connectivity index (χ0) is 12.9. The van der Waals surface area contributed by atoms with E-state index in [9.17, 15) is 18.0 Å². The summed E-state index contributed by atoms with van der Waals surface area (Å²) in [5.74, 6) is -2.45. The molecule has 0 bridgehead atoms. The second-order valence-corrected chi connectivity index (χ2v) is 3.98. The second-order valence-electron chi connectivity index (χ2n) is 2.94. The summed E-state index contributed by atoms with van der Waals surface area (Å²) < 4.78 is 32.8. The molecule has 9 nitrogen and oxygen atoms in total. The van der Waals surface area contributed by atoms with Crippen LogP contribution >= 0.6 is 0 Å². The summed E-state index contributed by atoms with van der Waals surface area (Å²) in [4.78, 5) is 21.0.